The zero-order valence-electron chi connectivity index (χ0n) is 20.6. The fourth-order valence-corrected chi connectivity index (χ4v) is 5.15. The Labute approximate surface area is 212 Å². The van der Waals surface area contributed by atoms with Crippen LogP contribution in [0.25, 0.3) is 11.0 Å². The molecule has 0 aliphatic heterocycles. The van der Waals surface area contributed by atoms with Crippen LogP contribution in [0.1, 0.15) is 61.1 Å². The van der Waals surface area contributed by atoms with E-state index in [1.807, 2.05) is 0 Å². The summed E-state index contributed by atoms with van der Waals surface area (Å²) in [5.41, 5.74) is 0.272. The molecular formula is C25H29N5O5S. The van der Waals surface area contributed by atoms with E-state index >= 15 is 0 Å². The fourth-order valence-electron chi connectivity index (χ4n) is 4.33. The SMILES string of the molecule is CCOC(=O)c1ccc(NC(=O)CSc2nc(C3CCCCC3)nc3c2c(=O)n(C)c(=O)n3C)cc1. The molecule has 1 amide bonds. The molecule has 0 radical (unpaired) electrons. The van der Waals surface area contributed by atoms with E-state index in [0.717, 1.165) is 42.0 Å². The Balaban J connectivity index is 1.59. The third-order valence-corrected chi connectivity index (χ3v) is 7.25. The zero-order valence-corrected chi connectivity index (χ0v) is 21.4. The minimum absolute atomic E-state index is 0.00183. The lowest BCUT2D eigenvalue weighted by Crippen LogP contribution is -2.38. The van der Waals surface area contributed by atoms with Gasteiger partial charge >= 0.3 is 11.7 Å². The summed E-state index contributed by atoms with van der Waals surface area (Å²) in [7, 11) is 3.00. The molecule has 0 saturated heterocycles. The van der Waals surface area contributed by atoms with Gasteiger partial charge in [0.2, 0.25) is 5.91 Å². The number of hydrogen-bond acceptors (Lipinski definition) is 8. The monoisotopic (exact) mass is 511 g/mol. The van der Waals surface area contributed by atoms with Crippen molar-refractivity contribution >= 4 is 40.4 Å². The first-order valence-corrected chi connectivity index (χ1v) is 13.0. The summed E-state index contributed by atoms with van der Waals surface area (Å²) < 4.78 is 7.36. The maximum absolute atomic E-state index is 13.0. The maximum Gasteiger partial charge on any atom is 0.338 e. The van der Waals surface area contributed by atoms with Gasteiger partial charge in [0.15, 0.2) is 5.65 Å². The number of carbonyl (C=O) groups is 2. The van der Waals surface area contributed by atoms with Crippen LogP contribution in [0, 0.1) is 0 Å². The molecule has 0 atom stereocenters. The lowest BCUT2D eigenvalue weighted by Gasteiger charge is -2.21. The molecule has 1 aromatic carbocycles. The maximum atomic E-state index is 13.0. The van der Waals surface area contributed by atoms with Gasteiger partial charge < -0.3 is 10.1 Å². The van der Waals surface area contributed by atoms with Crippen molar-refractivity contribution in [2.75, 3.05) is 17.7 Å². The number of anilines is 1. The fraction of sp³-hybridized carbons (Fsp3) is 0.440. The molecule has 11 heteroatoms. The van der Waals surface area contributed by atoms with Crippen molar-refractivity contribution in [2.45, 2.75) is 50.0 Å². The second kappa shape index (κ2) is 11.1. The van der Waals surface area contributed by atoms with Crippen LogP contribution in [-0.2, 0) is 23.6 Å². The highest BCUT2D eigenvalue weighted by molar-refractivity contribution is 8.00. The van der Waals surface area contributed by atoms with E-state index in [1.54, 1.807) is 38.2 Å². The average Bonchev–Trinajstić information content (AvgIpc) is 2.90. The van der Waals surface area contributed by atoms with Crippen LogP contribution in [0.3, 0.4) is 0 Å². The molecule has 3 aromatic rings. The predicted molar refractivity (Wildman–Crippen MR) is 138 cm³/mol. The highest BCUT2D eigenvalue weighted by Crippen LogP contribution is 2.33. The molecule has 36 heavy (non-hydrogen) atoms. The first-order chi connectivity index (χ1) is 17.3. The van der Waals surface area contributed by atoms with Gasteiger partial charge in [-0.2, -0.15) is 0 Å². The van der Waals surface area contributed by atoms with Crippen molar-refractivity contribution < 1.29 is 14.3 Å². The Morgan fingerprint density at radius 3 is 2.42 bits per heavy atom. The van der Waals surface area contributed by atoms with E-state index in [4.69, 9.17) is 9.72 Å². The van der Waals surface area contributed by atoms with Gasteiger partial charge in [0.25, 0.3) is 5.56 Å². The lowest BCUT2D eigenvalue weighted by molar-refractivity contribution is -0.113. The molecule has 190 valence electrons. The summed E-state index contributed by atoms with van der Waals surface area (Å²) in [5.74, 6) is 0.0566. The first kappa shape index (κ1) is 25.6. The van der Waals surface area contributed by atoms with Crippen molar-refractivity contribution in [3.05, 3.63) is 56.5 Å². The number of carbonyl (C=O) groups excluding carboxylic acids is 2. The number of esters is 1. The molecule has 2 heterocycles. The van der Waals surface area contributed by atoms with Gasteiger partial charge in [0, 0.05) is 25.7 Å². The molecule has 0 bridgehead atoms. The second-order valence-electron chi connectivity index (χ2n) is 8.76. The first-order valence-electron chi connectivity index (χ1n) is 12.0. The number of hydrogen-bond donors (Lipinski definition) is 1. The largest absolute Gasteiger partial charge is 0.462 e. The van der Waals surface area contributed by atoms with Crippen molar-refractivity contribution in [1.82, 2.24) is 19.1 Å². The molecule has 1 N–H and O–H groups in total. The summed E-state index contributed by atoms with van der Waals surface area (Å²) in [6.45, 7) is 2.02. The standard InChI is InChI=1S/C25H29N5O5S/c1-4-35-24(33)16-10-12-17(13-11-16)26-18(31)14-36-22-19-21(29(2)25(34)30(3)23(19)32)27-20(28-22)15-8-6-5-7-9-15/h10-13,15H,4-9,14H2,1-3H3,(H,26,31). The van der Waals surface area contributed by atoms with Crippen molar-refractivity contribution in [3.63, 3.8) is 0 Å². The van der Waals surface area contributed by atoms with E-state index < -0.39 is 17.2 Å². The van der Waals surface area contributed by atoms with Crippen LogP contribution in [-0.4, -0.2) is 43.3 Å². The lowest BCUT2D eigenvalue weighted by atomic mass is 9.89. The number of nitrogens with zero attached hydrogens (tertiary/aromatic N) is 4. The third kappa shape index (κ3) is 5.35. The molecule has 10 nitrogen and oxygen atoms in total. The normalized spacial score (nSPS) is 14.1. The molecule has 4 rings (SSSR count). The molecule has 1 aliphatic carbocycles. The number of aryl methyl sites for hydroxylation is 1. The average molecular weight is 512 g/mol. The smallest absolute Gasteiger partial charge is 0.338 e. The third-order valence-electron chi connectivity index (χ3n) is 6.27. The van der Waals surface area contributed by atoms with Gasteiger partial charge in [-0.25, -0.2) is 19.6 Å². The van der Waals surface area contributed by atoms with Crippen LogP contribution >= 0.6 is 11.8 Å². The molecule has 0 unspecified atom stereocenters. The van der Waals surface area contributed by atoms with E-state index in [2.05, 4.69) is 10.3 Å². The van der Waals surface area contributed by atoms with Gasteiger partial charge in [0.05, 0.1) is 17.9 Å². The van der Waals surface area contributed by atoms with Crippen LogP contribution in [0.5, 0.6) is 0 Å². The van der Waals surface area contributed by atoms with E-state index in [0.29, 0.717) is 22.1 Å². The number of benzene rings is 1. The summed E-state index contributed by atoms with van der Waals surface area (Å²) in [5, 5.41) is 3.41. The van der Waals surface area contributed by atoms with Gasteiger partial charge in [0.1, 0.15) is 16.2 Å². The summed E-state index contributed by atoms with van der Waals surface area (Å²) in [4.78, 5) is 59.4. The Morgan fingerprint density at radius 2 is 1.75 bits per heavy atom. The molecule has 2 aromatic heterocycles. The van der Waals surface area contributed by atoms with E-state index in [-0.39, 0.29) is 35.2 Å². The minimum Gasteiger partial charge on any atom is -0.462 e. The van der Waals surface area contributed by atoms with Gasteiger partial charge in [-0.3, -0.25) is 18.7 Å². The van der Waals surface area contributed by atoms with Crippen molar-refractivity contribution in [1.29, 1.82) is 0 Å². The van der Waals surface area contributed by atoms with Crippen molar-refractivity contribution in [3.8, 4) is 0 Å². The number of amides is 1. The summed E-state index contributed by atoms with van der Waals surface area (Å²) >= 11 is 1.14. The van der Waals surface area contributed by atoms with Crippen molar-refractivity contribution in [2.24, 2.45) is 14.1 Å². The predicted octanol–water partition coefficient (Wildman–Crippen LogP) is 2.98. The molecule has 1 aliphatic rings. The molecular weight excluding hydrogens is 482 g/mol. The summed E-state index contributed by atoms with van der Waals surface area (Å²) in [6.07, 6.45) is 5.25. The number of aromatic nitrogens is 4. The van der Waals surface area contributed by atoms with E-state index in [9.17, 15) is 19.2 Å². The Hall–Kier alpha value is -3.47. The summed E-state index contributed by atoms with van der Waals surface area (Å²) in [6, 6.07) is 6.42. The number of thioether (sulfide) groups is 1. The van der Waals surface area contributed by atoms with Crippen LogP contribution in [0.4, 0.5) is 5.69 Å². The number of rotatable bonds is 7. The van der Waals surface area contributed by atoms with E-state index in [1.165, 1.54) is 18.0 Å². The van der Waals surface area contributed by atoms with Crippen LogP contribution in [0.2, 0.25) is 0 Å². The second-order valence-corrected chi connectivity index (χ2v) is 9.72. The zero-order chi connectivity index (χ0) is 25.8. The Bertz CT molecular complexity index is 1410. The molecule has 0 spiro atoms. The molecule has 1 fully saturated rings. The Morgan fingerprint density at radius 1 is 1.06 bits per heavy atom. The highest BCUT2D eigenvalue weighted by Gasteiger charge is 2.23. The van der Waals surface area contributed by atoms with Crippen LogP contribution < -0.4 is 16.6 Å². The van der Waals surface area contributed by atoms with Gasteiger partial charge in [-0.15, -0.1) is 0 Å². The topological polar surface area (TPSA) is 125 Å². The number of ether oxygens (including phenoxy) is 1. The van der Waals surface area contributed by atoms with Crippen LogP contribution in [0.15, 0.2) is 38.9 Å². The van der Waals surface area contributed by atoms with Gasteiger partial charge in [-0.05, 0) is 44.0 Å². The quantitative estimate of drug-likeness (QED) is 0.292. The molecule has 1 saturated carbocycles. The Kier molecular flexibility index (Phi) is 7.88. The number of nitrogens with one attached hydrogen (secondary N) is 1. The number of fused-ring (bicyclic) bond motifs is 1. The van der Waals surface area contributed by atoms with Gasteiger partial charge in [-0.1, -0.05) is 31.0 Å². The minimum atomic E-state index is -0.485. The highest BCUT2D eigenvalue weighted by atomic mass is 32.2.